The van der Waals surface area contributed by atoms with Crippen molar-refractivity contribution in [2.75, 3.05) is 0 Å². The van der Waals surface area contributed by atoms with E-state index in [1.165, 1.54) is 12.1 Å². The zero-order valence-corrected chi connectivity index (χ0v) is 10.5. The van der Waals surface area contributed by atoms with E-state index in [1.807, 2.05) is 13.0 Å². The summed E-state index contributed by atoms with van der Waals surface area (Å²) in [6, 6.07) is 6.31. The van der Waals surface area contributed by atoms with Crippen molar-refractivity contribution in [1.29, 1.82) is 0 Å². The Labute approximate surface area is 105 Å². The van der Waals surface area contributed by atoms with Crippen molar-refractivity contribution in [1.82, 2.24) is 9.97 Å². The lowest BCUT2D eigenvalue weighted by Crippen LogP contribution is -2.17. The van der Waals surface area contributed by atoms with Gasteiger partial charge in [0.25, 0.3) is 5.56 Å². The maximum atomic E-state index is 13.1. The molecule has 0 spiro atoms. The van der Waals surface area contributed by atoms with E-state index in [2.05, 4.69) is 9.97 Å². The Morgan fingerprint density at radius 1 is 1.39 bits per heavy atom. The molecular weight excluding hydrogens is 231 g/mol. The van der Waals surface area contributed by atoms with Crippen molar-refractivity contribution in [3.05, 3.63) is 63.1 Å². The van der Waals surface area contributed by atoms with Gasteiger partial charge in [-0.1, -0.05) is 19.1 Å². The summed E-state index contributed by atoms with van der Waals surface area (Å²) in [5, 5.41) is 0. The standard InChI is InChI=1S/C14H15FN2O/c1-3-12-9(2)14(18)17-13(16-12)8-10-5-4-6-11(15)7-10/h4-7H,3,8H2,1-2H3,(H,16,17,18). The van der Waals surface area contributed by atoms with Gasteiger partial charge in [-0.2, -0.15) is 0 Å². The van der Waals surface area contributed by atoms with Gasteiger partial charge in [-0.3, -0.25) is 4.79 Å². The third-order valence-electron chi connectivity index (χ3n) is 2.90. The maximum absolute atomic E-state index is 13.1. The molecule has 94 valence electrons. The van der Waals surface area contributed by atoms with Gasteiger partial charge in [-0.05, 0) is 31.0 Å². The molecule has 0 atom stereocenters. The minimum Gasteiger partial charge on any atom is -0.310 e. The Kier molecular flexibility index (Phi) is 3.55. The van der Waals surface area contributed by atoms with Crippen LogP contribution in [0.15, 0.2) is 29.1 Å². The van der Waals surface area contributed by atoms with Crippen LogP contribution in [0.25, 0.3) is 0 Å². The molecule has 3 nitrogen and oxygen atoms in total. The maximum Gasteiger partial charge on any atom is 0.254 e. The van der Waals surface area contributed by atoms with E-state index in [4.69, 9.17) is 0 Å². The van der Waals surface area contributed by atoms with E-state index in [9.17, 15) is 9.18 Å². The van der Waals surface area contributed by atoms with E-state index in [1.54, 1.807) is 13.0 Å². The molecule has 1 heterocycles. The predicted molar refractivity (Wildman–Crippen MR) is 68.2 cm³/mol. The quantitative estimate of drug-likeness (QED) is 0.903. The number of rotatable bonds is 3. The summed E-state index contributed by atoms with van der Waals surface area (Å²) >= 11 is 0. The fourth-order valence-corrected chi connectivity index (χ4v) is 1.90. The lowest BCUT2D eigenvalue weighted by atomic mass is 10.1. The largest absolute Gasteiger partial charge is 0.310 e. The first kappa shape index (κ1) is 12.5. The number of nitrogens with one attached hydrogen (secondary N) is 1. The van der Waals surface area contributed by atoms with E-state index in [0.29, 0.717) is 24.2 Å². The normalized spacial score (nSPS) is 10.6. The first-order valence-corrected chi connectivity index (χ1v) is 5.93. The summed E-state index contributed by atoms with van der Waals surface area (Å²) < 4.78 is 13.1. The molecule has 0 fully saturated rings. The van der Waals surface area contributed by atoms with Crippen LogP contribution >= 0.6 is 0 Å². The first-order valence-electron chi connectivity index (χ1n) is 5.93. The average Bonchev–Trinajstić information content (AvgIpc) is 2.33. The van der Waals surface area contributed by atoms with Gasteiger partial charge in [0.2, 0.25) is 0 Å². The molecule has 1 aromatic carbocycles. The monoisotopic (exact) mass is 246 g/mol. The molecule has 1 aromatic heterocycles. The summed E-state index contributed by atoms with van der Waals surface area (Å²) in [6.45, 7) is 3.72. The second-order valence-electron chi connectivity index (χ2n) is 4.24. The Morgan fingerprint density at radius 2 is 2.17 bits per heavy atom. The highest BCUT2D eigenvalue weighted by Gasteiger charge is 2.06. The zero-order chi connectivity index (χ0) is 13.1. The van der Waals surface area contributed by atoms with Gasteiger partial charge in [-0.25, -0.2) is 9.37 Å². The molecule has 0 aliphatic carbocycles. The predicted octanol–water partition coefficient (Wildman–Crippen LogP) is 2.37. The number of hydrogen-bond acceptors (Lipinski definition) is 2. The molecule has 4 heteroatoms. The number of aryl methyl sites for hydroxylation is 1. The highest BCUT2D eigenvalue weighted by molar-refractivity contribution is 5.22. The lowest BCUT2D eigenvalue weighted by Gasteiger charge is -2.06. The second-order valence-corrected chi connectivity index (χ2v) is 4.24. The van der Waals surface area contributed by atoms with Gasteiger partial charge >= 0.3 is 0 Å². The van der Waals surface area contributed by atoms with Crippen LogP contribution in [-0.4, -0.2) is 9.97 Å². The van der Waals surface area contributed by atoms with Crippen molar-refractivity contribution >= 4 is 0 Å². The molecule has 0 saturated carbocycles. The molecule has 1 N–H and O–H groups in total. The third kappa shape index (κ3) is 2.64. The number of nitrogens with zero attached hydrogens (tertiary/aromatic N) is 1. The van der Waals surface area contributed by atoms with Crippen LogP contribution in [0.1, 0.15) is 29.6 Å². The second kappa shape index (κ2) is 5.12. The Hall–Kier alpha value is -1.97. The molecule has 2 rings (SSSR count). The number of hydrogen-bond donors (Lipinski definition) is 1. The summed E-state index contributed by atoms with van der Waals surface area (Å²) in [6.07, 6.45) is 1.15. The number of aromatic nitrogens is 2. The van der Waals surface area contributed by atoms with Gasteiger partial charge in [-0.15, -0.1) is 0 Å². The minimum absolute atomic E-state index is 0.117. The summed E-state index contributed by atoms with van der Waals surface area (Å²) in [7, 11) is 0. The molecule has 0 amide bonds. The van der Waals surface area contributed by atoms with Gasteiger partial charge in [0.05, 0.1) is 5.69 Å². The average molecular weight is 246 g/mol. The van der Waals surface area contributed by atoms with Gasteiger partial charge in [0, 0.05) is 12.0 Å². The fourth-order valence-electron chi connectivity index (χ4n) is 1.90. The zero-order valence-electron chi connectivity index (χ0n) is 10.5. The SMILES string of the molecule is CCc1nc(Cc2cccc(F)c2)[nH]c(=O)c1C. The van der Waals surface area contributed by atoms with Crippen LogP contribution in [-0.2, 0) is 12.8 Å². The van der Waals surface area contributed by atoms with Crippen molar-refractivity contribution in [2.24, 2.45) is 0 Å². The van der Waals surface area contributed by atoms with Crippen molar-refractivity contribution in [2.45, 2.75) is 26.7 Å². The fraction of sp³-hybridized carbons (Fsp3) is 0.286. The molecule has 0 saturated heterocycles. The molecule has 0 aliphatic rings. The topological polar surface area (TPSA) is 45.8 Å². The van der Waals surface area contributed by atoms with Crippen LogP contribution in [0.3, 0.4) is 0 Å². The van der Waals surface area contributed by atoms with Gasteiger partial charge < -0.3 is 4.98 Å². The van der Waals surface area contributed by atoms with E-state index < -0.39 is 0 Å². The lowest BCUT2D eigenvalue weighted by molar-refractivity contribution is 0.625. The minimum atomic E-state index is -0.280. The molecular formula is C14H15FN2O. The third-order valence-corrected chi connectivity index (χ3v) is 2.90. The number of benzene rings is 1. The summed E-state index contributed by atoms with van der Waals surface area (Å²) in [5.41, 5.74) is 2.13. The molecule has 2 aromatic rings. The number of H-pyrrole nitrogens is 1. The molecule has 0 aliphatic heterocycles. The van der Waals surface area contributed by atoms with E-state index in [0.717, 1.165) is 11.3 Å². The van der Waals surface area contributed by atoms with Gasteiger partial charge in [0.15, 0.2) is 0 Å². The van der Waals surface area contributed by atoms with Crippen LogP contribution in [0.2, 0.25) is 0 Å². The van der Waals surface area contributed by atoms with Crippen LogP contribution < -0.4 is 5.56 Å². The summed E-state index contributed by atoms with van der Waals surface area (Å²) in [5.74, 6) is 0.297. The van der Waals surface area contributed by atoms with E-state index >= 15 is 0 Å². The first-order chi connectivity index (χ1) is 8.60. The van der Waals surface area contributed by atoms with Crippen molar-refractivity contribution in [3.8, 4) is 0 Å². The van der Waals surface area contributed by atoms with Crippen LogP contribution in [0, 0.1) is 12.7 Å². The summed E-state index contributed by atoms with van der Waals surface area (Å²) in [4.78, 5) is 18.8. The number of aromatic amines is 1. The molecule has 18 heavy (non-hydrogen) atoms. The molecule has 0 radical (unpaired) electrons. The Balaban J connectivity index is 2.35. The smallest absolute Gasteiger partial charge is 0.254 e. The highest BCUT2D eigenvalue weighted by atomic mass is 19.1. The Morgan fingerprint density at radius 3 is 2.83 bits per heavy atom. The molecule has 0 bridgehead atoms. The Bertz CT molecular complexity index is 619. The van der Waals surface area contributed by atoms with Crippen LogP contribution in [0.5, 0.6) is 0 Å². The van der Waals surface area contributed by atoms with Crippen LogP contribution in [0.4, 0.5) is 4.39 Å². The van der Waals surface area contributed by atoms with E-state index in [-0.39, 0.29) is 11.4 Å². The van der Waals surface area contributed by atoms with Crippen molar-refractivity contribution < 1.29 is 4.39 Å². The van der Waals surface area contributed by atoms with Gasteiger partial charge in [0.1, 0.15) is 11.6 Å². The highest BCUT2D eigenvalue weighted by Crippen LogP contribution is 2.08. The van der Waals surface area contributed by atoms with Crippen molar-refractivity contribution in [3.63, 3.8) is 0 Å². The molecule has 0 unspecified atom stereocenters. The number of halogens is 1.